The van der Waals surface area contributed by atoms with Gasteiger partial charge >= 0.3 is 0 Å². The van der Waals surface area contributed by atoms with Crippen molar-refractivity contribution in [3.05, 3.63) is 35.4 Å². The molecule has 2 fully saturated rings. The van der Waals surface area contributed by atoms with Gasteiger partial charge in [0.2, 0.25) is 0 Å². The average molecular weight is 360 g/mol. The molecule has 0 aliphatic carbocycles. The summed E-state index contributed by atoms with van der Waals surface area (Å²) >= 11 is 0. The average Bonchev–Trinajstić information content (AvgIpc) is 2.65. The lowest BCUT2D eigenvalue weighted by molar-refractivity contribution is 0.00989. The van der Waals surface area contributed by atoms with Gasteiger partial charge in [-0.1, -0.05) is 29.8 Å². The van der Waals surface area contributed by atoms with Gasteiger partial charge < -0.3 is 10.0 Å². The zero-order valence-corrected chi connectivity index (χ0v) is 16.9. The third-order valence-corrected chi connectivity index (χ3v) is 6.35. The highest BCUT2D eigenvalue weighted by Crippen LogP contribution is 2.23. The quantitative estimate of drug-likeness (QED) is 0.846. The van der Waals surface area contributed by atoms with Gasteiger partial charge in [0, 0.05) is 50.9 Å². The zero-order valence-electron chi connectivity index (χ0n) is 16.9. The van der Waals surface area contributed by atoms with E-state index in [0.717, 1.165) is 32.1 Å². The molecule has 0 saturated carbocycles. The summed E-state index contributed by atoms with van der Waals surface area (Å²) in [5.74, 6) is 0. The standard InChI is InChI=1S/C22H37N3O/c1-18(2)23-11-8-21(9-12-23)25-14-13-24(22(17-25)10-15-26)16-20-6-4-19(3)5-7-20/h4-7,18,21-22,26H,8-17H2,1-3H3/t22-/m1/s1. The van der Waals surface area contributed by atoms with E-state index in [1.807, 2.05) is 0 Å². The first-order chi connectivity index (χ1) is 12.6. The summed E-state index contributed by atoms with van der Waals surface area (Å²) in [4.78, 5) is 7.90. The van der Waals surface area contributed by atoms with E-state index in [1.54, 1.807) is 0 Å². The molecular weight excluding hydrogens is 322 g/mol. The summed E-state index contributed by atoms with van der Waals surface area (Å²) in [5, 5.41) is 9.58. The molecule has 0 bridgehead atoms. The normalized spacial score (nSPS) is 24.4. The fraction of sp³-hybridized carbons (Fsp3) is 0.727. The number of hydrogen-bond acceptors (Lipinski definition) is 4. The number of aliphatic hydroxyl groups is 1. The Balaban J connectivity index is 1.56. The molecule has 0 radical (unpaired) electrons. The minimum Gasteiger partial charge on any atom is -0.396 e. The van der Waals surface area contributed by atoms with Crippen LogP contribution in [0.25, 0.3) is 0 Å². The van der Waals surface area contributed by atoms with E-state index in [1.165, 1.54) is 43.6 Å². The molecule has 1 N–H and O–H groups in total. The molecule has 2 saturated heterocycles. The first kappa shape index (κ1) is 19.8. The van der Waals surface area contributed by atoms with Crippen LogP contribution in [0.15, 0.2) is 24.3 Å². The van der Waals surface area contributed by atoms with Crippen LogP contribution in [0.4, 0.5) is 0 Å². The van der Waals surface area contributed by atoms with Crippen LogP contribution < -0.4 is 0 Å². The Morgan fingerprint density at radius 2 is 1.73 bits per heavy atom. The molecule has 2 aliphatic rings. The Labute approximate surface area is 159 Å². The number of nitrogens with zero attached hydrogens (tertiary/aromatic N) is 3. The summed E-state index contributed by atoms with van der Waals surface area (Å²) in [5.41, 5.74) is 2.70. The van der Waals surface area contributed by atoms with Gasteiger partial charge in [-0.15, -0.1) is 0 Å². The topological polar surface area (TPSA) is 30.0 Å². The number of piperazine rings is 1. The zero-order chi connectivity index (χ0) is 18.5. The van der Waals surface area contributed by atoms with Gasteiger partial charge in [-0.2, -0.15) is 0 Å². The van der Waals surface area contributed by atoms with E-state index < -0.39 is 0 Å². The van der Waals surface area contributed by atoms with Crippen LogP contribution >= 0.6 is 0 Å². The molecule has 4 heteroatoms. The highest BCUT2D eigenvalue weighted by molar-refractivity contribution is 5.21. The van der Waals surface area contributed by atoms with Crippen molar-refractivity contribution in [1.29, 1.82) is 0 Å². The van der Waals surface area contributed by atoms with Crippen LogP contribution in [-0.4, -0.2) is 77.3 Å². The Morgan fingerprint density at radius 1 is 1.04 bits per heavy atom. The summed E-state index contributed by atoms with van der Waals surface area (Å²) in [6.45, 7) is 13.9. The Kier molecular flexibility index (Phi) is 7.10. The lowest BCUT2D eigenvalue weighted by Crippen LogP contribution is -2.57. The van der Waals surface area contributed by atoms with Crippen LogP contribution in [0.3, 0.4) is 0 Å². The van der Waals surface area contributed by atoms with Crippen LogP contribution in [0.1, 0.15) is 44.2 Å². The lowest BCUT2D eigenvalue weighted by Gasteiger charge is -2.47. The van der Waals surface area contributed by atoms with E-state index in [0.29, 0.717) is 12.1 Å². The predicted octanol–water partition coefficient (Wildman–Crippen LogP) is 2.74. The Bertz CT molecular complexity index is 537. The second-order valence-electron chi connectivity index (χ2n) is 8.48. The van der Waals surface area contributed by atoms with Gasteiger partial charge in [-0.05, 0) is 58.7 Å². The highest BCUT2D eigenvalue weighted by Gasteiger charge is 2.32. The van der Waals surface area contributed by atoms with Crippen molar-refractivity contribution in [1.82, 2.24) is 14.7 Å². The number of aliphatic hydroxyl groups excluding tert-OH is 1. The van der Waals surface area contributed by atoms with Crippen LogP contribution in [0.5, 0.6) is 0 Å². The summed E-state index contributed by atoms with van der Waals surface area (Å²) < 4.78 is 0. The maximum absolute atomic E-state index is 9.58. The van der Waals surface area contributed by atoms with Crippen molar-refractivity contribution in [3.8, 4) is 0 Å². The Hall–Kier alpha value is -0.940. The number of likely N-dealkylation sites (tertiary alicyclic amines) is 1. The maximum Gasteiger partial charge on any atom is 0.0446 e. The minimum absolute atomic E-state index is 0.286. The third-order valence-electron chi connectivity index (χ3n) is 6.35. The molecule has 4 nitrogen and oxygen atoms in total. The van der Waals surface area contributed by atoms with Crippen molar-refractivity contribution in [3.63, 3.8) is 0 Å². The number of piperidine rings is 1. The van der Waals surface area contributed by atoms with E-state index in [4.69, 9.17) is 0 Å². The van der Waals surface area contributed by atoms with Gasteiger partial charge in [0.25, 0.3) is 0 Å². The first-order valence-corrected chi connectivity index (χ1v) is 10.5. The molecule has 26 heavy (non-hydrogen) atoms. The van der Waals surface area contributed by atoms with Gasteiger partial charge in [0.05, 0.1) is 0 Å². The molecule has 146 valence electrons. The van der Waals surface area contributed by atoms with Crippen molar-refractivity contribution in [2.45, 2.75) is 64.7 Å². The lowest BCUT2D eigenvalue weighted by atomic mass is 9.98. The molecule has 2 heterocycles. The van der Waals surface area contributed by atoms with E-state index >= 15 is 0 Å². The predicted molar refractivity (Wildman–Crippen MR) is 108 cm³/mol. The third kappa shape index (κ3) is 5.07. The molecule has 0 aromatic heterocycles. The van der Waals surface area contributed by atoms with Crippen LogP contribution in [-0.2, 0) is 6.54 Å². The summed E-state index contributed by atoms with van der Waals surface area (Å²) in [6, 6.07) is 10.8. The number of benzene rings is 1. The van der Waals surface area contributed by atoms with Crippen LogP contribution in [0, 0.1) is 6.92 Å². The second-order valence-corrected chi connectivity index (χ2v) is 8.48. The van der Waals surface area contributed by atoms with Gasteiger partial charge in [-0.3, -0.25) is 9.80 Å². The molecule has 0 unspecified atom stereocenters. The summed E-state index contributed by atoms with van der Waals surface area (Å²) in [7, 11) is 0. The van der Waals surface area contributed by atoms with Crippen molar-refractivity contribution in [2.24, 2.45) is 0 Å². The highest BCUT2D eigenvalue weighted by atomic mass is 16.3. The second kappa shape index (κ2) is 9.32. The fourth-order valence-corrected chi connectivity index (χ4v) is 4.57. The molecule has 1 atom stereocenters. The molecule has 1 aromatic carbocycles. The number of rotatable bonds is 6. The number of hydrogen-bond donors (Lipinski definition) is 1. The van der Waals surface area contributed by atoms with Crippen LogP contribution in [0.2, 0.25) is 0 Å². The molecule has 0 amide bonds. The van der Waals surface area contributed by atoms with Crippen molar-refractivity contribution in [2.75, 3.05) is 39.3 Å². The van der Waals surface area contributed by atoms with Gasteiger partial charge in [-0.25, -0.2) is 0 Å². The molecular formula is C22H37N3O. The van der Waals surface area contributed by atoms with Crippen molar-refractivity contribution < 1.29 is 5.11 Å². The molecule has 3 rings (SSSR count). The van der Waals surface area contributed by atoms with Gasteiger partial charge in [0.15, 0.2) is 0 Å². The SMILES string of the molecule is Cc1ccc(CN2CCN(C3CCN(C(C)C)CC3)C[C@H]2CCO)cc1. The van der Waals surface area contributed by atoms with E-state index in [-0.39, 0.29) is 6.61 Å². The molecule has 1 aromatic rings. The van der Waals surface area contributed by atoms with E-state index in [2.05, 4.69) is 59.7 Å². The molecule has 2 aliphatic heterocycles. The summed E-state index contributed by atoms with van der Waals surface area (Å²) in [6.07, 6.45) is 3.47. The largest absolute Gasteiger partial charge is 0.396 e. The smallest absolute Gasteiger partial charge is 0.0446 e. The fourth-order valence-electron chi connectivity index (χ4n) is 4.57. The number of aryl methyl sites for hydroxylation is 1. The van der Waals surface area contributed by atoms with E-state index in [9.17, 15) is 5.11 Å². The monoisotopic (exact) mass is 359 g/mol. The minimum atomic E-state index is 0.286. The van der Waals surface area contributed by atoms with Gasteiger partial charge in [0.1, 0.15) is 0 Å². The Morgan fingerprint density at radius 3 is 2.35 bits per heavy atom. The molecule has 0 spiro atoms. The van der Waals surface area contributed by atoms with Crippen molar-refractivity contribution >= 4 is 0 Å². The first-order valence-electron chi connectivity index (χ1n) is 10.5. The maximum atomic E-state index is 9.58.